The number of carbonyl (C=O) groups is 2. The maximum atomic E-state index is 13.1. The van der Waals surface area contributed by atoms with Crippen LogP contribution in [0.2, 0.25) is 0 Å². The first kappa shape index (κ1) is 24.1. The number of anilines is 1. The molecule has 0 unspecified atom stereocenters. The molecule has 2 heterocycles. The fourth-order valence-electron chi connectivity index (χ4n) is 3.64. The lowest BCUT2D eigenvalue weighted by Crippen LogP contribution is -2.52. The van der Waals surface area contributed by atoms with Crippen LogP contribution in [0.3, 0.4) is 0 Å². The second-order valence-corrected chi connectivity index (χ2v) is 8.51. The van der Waals surface area contributed by atoms with E-state index in [1.807, 2.05) is 0 Å². The van der Waals surface area contributed by atoms with Crippen molar-refractivity contribution in [3.8, 4) is 17.3 Å². The average Bonchev–Trinajstić information content (AvgIpc) is 2.79. The number of hydrogen-bond acceptors (Lipinski definition) is 8. The molecule has 12 nitrogen and oxygen atoms in total. The normalized spacial score (nSPS) is 18.3. The SMILES string of the molecule is COc1ncc(-c2cnc(N(C(=O)NCC(C)(C)O)[C@H]3CC[C@H](NC(=O)O)CC3)cn2)cn1. The minimum absolute atomic E-state index is 0.0624. The van der Waals surface area contributed by atoms with E-state index >= 15 is 0 Å². The van der Waals surface area contributed by atoms with Crippen LogP contribution < -0.4 is 20.3 Å². The van der Waals surface area contributed by atoms with Gasteiger partial charge in [0.1, 0.15) is 0 Å². The molecule has 33 heavy (non-hydrogen) atoms. The van der Waals surface area contributed by atoms with E-state index in [-0.39, 0.29) is 24.6 Å². The Hall–Kier alpha value is -3.54. The number of carbonyl (C=O) groups excluding carboxylic acids is 1. The Kier molecular flexibility index (Phi) is 7.59. The summed E-state index contributed by atoms with van der Waals surface area (Å²) in [7, 11) is 1.48. The van der Waals surface area contributed by atoms with Crippen LogP contribution in [0.1, 0.15) is 39.5 Å². The van der Waals surface area contributed by atoms with Crippen molar-refractivity contribution in [2.24, 2.45) is 0 Å². The lowest BCUT2D eigenvalue weighted by Gasteiger charge is -2.36. The van der Waals surface area contributed by atoms with E-state index in [0.717, 1.165) is 0 Å². The van der Waals surface area contributed by atoms with Gasteiger partial charge in [-0.1, -0.05) is 0 Å². The standard InChI is InChI=1S/C21H29N7O5/c1-21(2,32)12-26-19(29)28(15-6-4-14(5-7-15)27-20(30)31)17-11-22-16(10-23-17)13-8-24-18(33-3)25-9-13/h8-11,14-15,27,32H,4-7,12H2,1-3H3,(H,26,29)(H,30,31)/t14-,15-. The number of ether oxygens (including phenoxy) is 1. The zero-order chi connectivity index (χ0) is 24.0. The first-order valence-electron chi connectivity index (χ1n) is 10.6. The first-order valence-corrected chi connectivity index (χ1v) is 10.6. The number of rotatable bonds is 7. The molecule has 178 valence electrons. The molecule has 1 fully saturated rings. The van der Waals surface area contributed by atoms with Gasteiger partial charge in [-0.2, -0.15) is 0 Å². The molecule has 2 aromatic heterocycles. The summed E-state index contributed by atoms with van der Waals surface area (Å²) in [6.45, 7) is 3.27. The van der Waals surface area contributed by atoms with E-state index in [0.29, 0.717) is 42.8 Å². The third-order valence-corrected chi connectivity index (χ3v) is 5.27. The molecule has 0 bridgehead atoms. The predicted octanol–water partition coefficient (Wildman–Crippen LogP) is 1.81. The molecule has 0 saturated heterocycles. The summed E-state index contributed by atoms with van der Waals surface area (Å²) >= 11 is 0. The predicted molar refractivity (Wildman–Crippen MR) is 119 cm³/mol. The van der Waals surface area contributed by atoms with Crippen molar-refractivity contribution >= 4 is 17.9 Å². The average molecular weight is 460 g/mol. The van der Waals surface area contributed by atoms with Gasteiger partial charge in [-0.25, -0.2) is 24.5 Å². The summed E-state index contributed by atoms with van der Waals surface area (Å²) in [5.41, 5.74) is 0.106. The second-order valence-electron chi connectivity index (χ2n) is 8.51. The van der Waals surface area contributed by atoms with Gasteiger partial charge in [-0.05, 0) is 39.5 Å². The summed E-state index contributed by atoms with van der Waals surface area (Å²) in [6, 6.07) is -0.501. The number of aromatic nitrogens is 4. The Balaban J connectivity index is 1.79. The number of aliphatic hydroxyl groups is 1. The molecule has 4 N–H and O–H groups in total. The highest BCUT2D eigenvalue weighted by Gasteiger charge is 2.32. The van der Waals surface area contributed by atoms with Crippen LogP contribution in [0, 0.1) is 0 Å². The molecule has 1 saturated carbocycles. The number of nitrogens with zero attached hydrogens (tertiary/aromatic N) is 5. The number of hydrogen-bond donors (Lipinski definition) is 4. The highest BCUT2D eigenvalue weighted by atomic mass is 16.5. The maximum Gasteiger partial charge on any atom is 0.404 e. The molecule has 1 aliphatic rings. The fraction of sp³-hybridized carbons (Fsp3) is 0.524. The number of carboxylic acid groups (broad SMARTS) is 1. The van der Waals surface area contributed by atoms with Crippen molar-refractivity contribution in [3.63, 3.8) is 0 Å². The van der Waals surface area contributed by atoms with Crippen LogP contribution in [-0.2, 0) is 0 Å². The van der Waals surface area contributed by atoms with Gasteiger partial charge in [-0.3, -0.25) is 9.88 Å². The molecule has 3 amide bonds. The first-order chi connectivity index (χ1) is 15.7. The smallest absolute Gasteiger partial charge is 0.404 e. The van der Waals surface area contributed by atoms with Crippen LogP contribution in [0.5, 0.6) is 6.01 Å². The van der Waals surface area contributed by atoms with E-state index in [4.69, 9.17) is 9.84 Å². The van der Waals surface area contributed by atoms with Crippen LogP contribution in [0.15, 0.2) is 24.8 Å². The van der Waals surface area contributed by atoms with Crippen LogP contribution >= 0.6 is 0 Å². The highest BCUT2D eigenvalue weighted by Crippen LogP contribution is 2.27. The minimum atomic E-state index is -1.08. The molecule has 12 heteroatoms. The van der Waals surface area contributed by atoms with Crippen LogP contribution in [-0.4, -0.2) is 73.6 Å². The number of nitrogens with one attached hydrogen (secondary N) is 2. The molecule has 0 spiro atoms. The van der Waals surface area contributed by atoms with Crippen molar-refractivity contribution in [1.82, 2.24) is 30.6 Å². The monoisotopic (exact) mass is 459 g/mol. The van der Waals surface area contributed by atoms with Crippen molar-refractivity contribution in [1.29, 1.82) is 0 Å². The largest absolute Gasteiger partial charge is 0.467 e. The Morgan fingerprint density at radius 1 is 1.09 bits per heavy atom. The van der Waals surface area contributed by atoms with Gasteiger partial charge in [0.25, 0.3) is 0 Å². The number of methoxy groups -OCH3 is 1. The molecular weight excluding hydrogens is 430 g/mol. The summed E-state index contributed by atoms with van der Waals surface area (Å²) in [5.74, 6) is 0.357. The Labute approximate surface area is 191 Å². The van der Waals surface area contributed by atoms with Crippen molar-refractivity contribution in [3.05, 3.63) is 24.8 Å². The van der Waals surface area contributed by atoms with E-state index in [1.165, 1.54) is 24.4 Å². The third-order valence-electron chi connectivity index (χ3n) is 5.27. The fourth-order valence-corrected chi connectivity index (χ4v) is 3.64. The van der Waals surface area contributed by atoms with Gasteiger partial charge in [0.2, 0.25) is 0 Å². The van der Waals surface area contributed by atoms with Crippen molar-refractivity contribution in [2.45, 2.75) is 57.2 Å². The lowest BCUT2D eigenvalue weighted by atomic mass is 9.90. The molecule has 1 aliphatic carbocycles. The van der Waals surface area contributed by atoms with Gasteiger partial charge >= 0.3 is 18.1 Å². The maximum absolute atomic E-state index is 13.1. The molecule has 0 atom stereocenters. The third kappa shape index (κ3) is 6.72. The van der Waals surface area contributed by atoms with E-state index in [9.17, 15) is 14.7 Å². The summed E-state index contributed by atoms with van der Waals surface area (Å²) < 4.78 is 4.96. The minimum Gasteiger partial charge on any atom is -0.467 e. The molecule has 3 rings (SSSR count). The molecule has 0 aliphatic heterocycles. The second kappa shape index (κ2) is 10.4. The van der Waals surface area contributed by atoms with Gasteiger partial charge in [0.15, 0.2) is 5.82 Å². The Morgan fingerprint density at radius 2 is 1.76 bits per heavy atom. The summed E-state index contributed by atoms with van der Waals surface area (Å²) in [5, 5.41) is 24.2. The highest BCUT2D eigenvalue weighted by molar-refractivity contribution is 5.91. The summed E-state index contributed by atoms with van der Waals surface area (Å²) in [6.07, 6.45) is 7.51. The zero-order valence-electron chi connectivity index (χ0n) is 18.9. The van der Waals surface area contributed by atoms with Gasteiger partial charge in [0, 0.05) is 36.6 Å². The van der Waals surface area contributed by atoms with Crippen molar-refractivity contribution < 1.29 is 24.5 Å². The molecule has 2 aromatic rings. The molecular formula is C21H29N7O5. The lowest BCUT2D eigenvalue weighted by molar-refractivity contribution is 0.0821. The Morgan fingerprint density at radius 3 is 2.27 bits per heavy atom. The topological polar surface area (TPSA) is 163 Å². The molecule has 0 radical (unpaired) electrons. The molecule has 0 aromatic carbocycles. The van der Waals surface area contributed by atoms with Crippen molar-refractivity contribution in [2.75, 3.05) is 18.6 Å². The van der Waals surface area contributed by atoms with Gasteiger partial charge in [-0.15, -0.1) is 0 Å². The van der Waals surface area contributed by atoms with Crippen LogP contribution in [0.25, 0.3) is 11.3 Å². The van der Waals surface area contributed by atoms with E-state index in [1.54, 1.807) is 26.2 Å². The zero-order valence-corrected chi connectivity index (χ0v) is 18.9. The van der Waals surface area contributed by atoms with Crippen LogP contribution in [0.4, 0.5) is 15.4 Å². The van der Waals surface area contributed by atoms with Gasteiger partial charge in [0.05, 0.1) is 30.8 Å². The quantitative estimate of drug-likeness (QED) is 0.483. The number of amides is 3. The Bertz CT molecular complexity index is 939. The number of urea groups is 1. The van der Waals surface area contributed by atoms with E-state index in [2.05, 4.69) is 30.6 Å². The van der Waals surface area contributed by atoms with E-state index < -0.39 is 17.7 Å². The summed E-state index contributed by atoms with van der Waals surface area (Å²) in [4.78, 5) is 42.5. The van der Waals surface area contributed by atoms with Gasteiger partial charge < -0.3 is 25.6 Å².